The van der Waals surface area contributed by atoms with Gasteiger partial charge in [-0.3, -0.25) is 4.79 Å². The van der Waals surface area contributed by atoms with Crippen LogP contribution in [0.15, 0.2) is 47.4 Å². The van der Waals surface area contributed by atoms with E-state index in [4.69, 9.17) is 14.2 Å². The highest BCUT2D eigenvalue weighted by Crippen LogP contribution is 2.35. The van der Waals surface area contributed by atoms with Crippen LogP contribution in [0.1, 0.15) is 50.8 Å². The average molecular weight is 494 g/mol. The molecule has 3 rings (SSSR count). The number of carbonyl (C=O) groups excluding carboxylic acids is 1. The van der Waals surface area contributed by atoms with Crippen LogP contribution in [0.3, 0.4) is 0 Å². The molecule has 9 heteroatoms. The molecule has 0 bridgehead atoms. The molecule has 1 heterocycles. The smallest absolute Gasteiger partial charge is 0.306 e. The van der Waals surface area contributed by atoms with Gasteiger partial charge < -0.3 is 23.7 Å². The van der Waals surface area contributed by atoms with E-state index in [1.54, 1.807) is 20.3 Å². The summed E-state index contributed by atoms with van der Waals surface area (Å²) in [6.07, 6.45) is 2.20. The lowest BCUT2D eigenvalue weighted by Gasteiger charge is -2.32. The monoisotopic (exact) mass is 493 g/mol. The molecule has 188 valence electrons. The molecule has 0 saturated carbocycles. The maximum absolute atomic E-state index is 12.1. The maximum atomic E-state index is 12.1. The standard InChI is InChI=1S/C19H29NO4.C6H6O3S/c1-19(2,3)24-18(21)8-7-15-14-12-17(23-6)16(22-5)11-13(14)9-10-20(15)4;7-10(8,9)6-4-2-1-3-5-6/h11-12,15H,7-10H2,1-6H3;1-5H,(H,7,8,9). The normalized spacial score (nSPS) is 17.6. The van der Waals surface area contributed by atoms with Crippen LogP contribution < -0.4 is 14.4 Å². The number of fused-ring (bicyclic) bond motifs is 1. The molecule has 2 atom stereocenters. The van der Waals surface area contributed by atoms with Crippen LogP contribution in [-0.2, 0) is 26.1 Å². The summed E-state index contributed by atoms with van der Waals surface area (Å²) >= 11 is 0. The number of hydrogen-bond acceptors (Lipinski definition) is 7. The van der Waals surface area contributed by atoms with Crippen molar-refractivity contribution < 1.29 is 36.9 Å². The Bertz CT molecular complexity index is 1060. The van der Waals surface area contributed by atoms with Gasteiger partial charge in [0.15, 0.2) is 11.5 Å². The van der Waals surface area contributed by atoms with Crippen molar-refractivity contribution in [2.75, 3.05) is 27.8 Å². The van der Waals surface area contributed by atoms with Crippen molar-refractivity contribution >= 4 is 16.1 Å². The summed E-state index contributed by atoms with van der Waals surface area (Å²) in [4.78, 5) is 13.3. The fourth-order valence-corrected chi connectivity index (χ4v) is 4.38. The van der Waals surface area contributed by atoms with E-state index < -0.39 is 15.7 Å². The van der Waals surface area contributed by atoms with Gasteiger partial charge in [-0.05, 0) is 50.6 Å². The van der Waals surface area contributed by atoms with E-state index in [1.807, 2.05) is 20.8 Å². The number of hydrogen-bond donors (Lipinski definition) is 1. The van der Waals surface area contributed by atoms with Crippen LogP contribution in [0.4, 0.5) is 0 Å². The summed E-state index contributed by atoms with van der Waals surface area (Å²) in [5.41, 5.74) is 2.10. The van der Waals surface area contributed by atoms with Crippen molar-refractivity contribution in [3.05, 3.63) is 53.6 Å². The third-order valence-corrected chi connectivity index (χ3v) is 6.34. The van der Waals surface area contributed by atoms with Gasteiger partial charge in [0.2, 0.25) is 0 Å². The Morgan fingerprint density at radius 1 is 1.09 bits per heavy atom. The Labute approximate surface area is 202 Å². The molecule has 0 amide bonds. The minimum atomic E-state index is -4.25. The molecular weight excluding hydrogens is 458 g/mol. The van der Waals surface area contributed by atoms with Gasteiger partial charge in [-0.15, -0.1) is 0 Å². The Kier molecular flexibility index (Phi) is 9.49. The zero-order valence-corrected chi connectivity index (χ0v) is 21.5. The largest absolute Gasteiger partial charge is 0.744 e. The SMILES string of the molecule is COc1cc2c(cc1OC)C(CCC(=O)OC(C)(C)C)[NH+](C)CC2.O=S(=O)([O-])c1ccccc1. The van der Waals surface area contributed by atoms with Gasteiger partial charge in [0.25, 0.3) is 0 Å². The lowest BCUT2D eigenvalue weighted by Crippen LogP contribution is -3.10. The van der Waals surface area contributed by atoms with E-state index in [2.05, 4.69) is 19.2 Å². The molecule has 1 N–H and O–H groups in total. The summed E-state index contributed by atoms with van der Waals surface area (Å²) < 4.78 is 47.1. The van der Waals surface area contributed by atoms with Crippen LogP contribution >= 0.6 is 0 Å². The number of rotatable bonds is 6. The molecule has 0 fully saturated rings. The fraction of sp³-hybridized carbons (Fsp3) is 0.480. The van der Waals surface area contributed by atoms with Gasteiger partial charge in [-0.25, -0.2) is 8.42 Å². The van der Waals surface area contributed by atoms with Crippen molar-refractivity contribution in [3.63, 3.8) is 0 Å². The second kappa shape index (κ2) is 11.7. The summed E-state index contributed by atoms with van der Waals surface area (Å²) in [6, 6.07) is 11.6. The number of esters is 1. The van der Waals surface area contributed by atoms with Crippen LogP contribution in [0, 0.1) is 0 Å². The van der Waals surface area contributed by atoms with Crippen molar-refractivity contribution in [1.82, 2.24) is 0 Å². The van der Waals surface area contributed by atoms with Gasteiger partial charge >= 0.3 is 5.97 Å². The second-order valence-corrected chi connectivity index (χ2v) is 10.6. The highest BCUT2D eigenvalue weighted by molar-refractivity contribution is 7.85. The Morgan fingerprint density at radius 2 is 1.68 bits per heavy atom. The highest BCUT2D eigenvalue weighted by Gasteiger charge is 2.31. The van der Waals surface area contributed by atoms with Crippen LogP contribution in [0.5, 0.6) is 11.5 Å². The molecule has 34 heavy (non-hydrogen) atoms. The van der Waals surface area contributed by atoms with Crippen molar-refractivity contribution in [2.45, 2.75) is 56.6 Å². The zero-order chi connectivity index (χ0) is 25.5. The first-order chi connectivity index (χ1) is 15.9. The van der Waals surface area contributed by atoms with Crippen molar-refractivity contribution in [3.8, 4) is 11.5 Å². The van der Waals surface area contributed by atoms with Crippen LogP contribution in [-0.4, -0.2) is 52.4 Å². The third-order valence-electron chi connectivity index (χ3n) is 5.49. The molecule has 2 unspecified atom stereocenters. The number of nitrogens with one attached hydrogen (secondary N) is 1. The van der Waals surface area contributed by atoms with Crippen LogP contribution in [0.25, 0.3) is 0 Å². The molecule has 0 aromatic heterocycles. The predicted molar refractivity (Wildman–Crippen MR) is 127 cm³/mol. The van der Waals surface area contributed by atoms with E-state index in [0.717, 1.165) is 30.9 Å². The Balaban J connectivity index is 0.000000340. The third kappa shape index (κ3) is 8.00. The number of benzene rings is 2. The van der Waals surface area contributed by atoms with Crippen molar-refractivity contribution in [2.24, 2.45) is 0 Å². The molecule has 0 radical (unpaired) electrons. The quantitative estimate of drug-likeness (QED) is 0.487. The van der Waals surface area contributed by atoms with Gasteiger partial charge in [-0.1, -0.05) is 18.2 Å². The summed E-state index contributed by atoms with van der Waals surface area (Å²) in [7, 11) is 1.24. The molecular formula is C25H35NO7S. The number of methoxy groups -OCH3 is 2. The number of quaternary nitrogens is 1. The Hall–Kier alpha value is -2.62. The van der Waals surface area contributed by atoms with Crippen molar-refractivity contribution in [1.29, 1.82) is 0 Å². The van der Waals surface area contributed by atoms with E-state index in [1.165, 1.54) is 40.3 Å². The summed E-state index contributed by atoms with van der Waals surface area (Å²) in [6.45, 7) is 6.74. The molecule has 0 saturated heterocycles. The van der Waals surface area contributed by atoms with Gasteiger partial charge in [0.1, 0.15) is 21.8 Å². The second-order valence-electron chi connectivity index (χ2n) is 9.20. The lowest BCUT2D eigenvalue weighted by atomic mass is 9.89. The maximum Gasteiger partial charge on any atom is 0.306 e. The average Bonchev–Trinajstić information content (AvgIpc) is 2.76. The van der Waals surface area contributed by atoms with E-state index in [-0.39, 0.29) is 16.9 Å². The molecule has 0 spiro atoms. The zero-order valence-electron chi connectivity index (χ0n) is 20.7. The lowest BCUT2D eigenvalue weighted by molar-refractivity contribution is -0.915. The summed E-state index contributed by atoms with van der Waals surface area (Å²) in [5, 5.41) is 0. The minimum absolute atomic E-state index is 0.136. The van der Waals surface area contributed by atoms with E-state index >= 15 is 0 Å². The molecule has 1 aliphatic rings. The number of carbonyl (C=O) groups is 1. The first-order valence-corrected chi connectivity index (χ1v) is 12.6. The van der Waals surface area contributed by atoms with E-state index in [9.17, 15) is 17.8 Å². The molecule has 2 aromatic rings. The predicted octanol–water partition coefficient (Wildman–Crippen LogP) is 2.53. The van der Waals surface area contributed by atoms with Gasteiger partial charge in [0.05, 0.1) is 39.1 Å². The highest BCUT2D eigenvalue weighted by atomic mass is 32.2. The fourth-order valence-electron chi connectivity index (χ4n) is 3.89. The Morgan fingerprint density at radius 3 is 2.18 bits per heavy atom. The molecule has 1 aliphatic heterocycles. The molecule has 0 aliphatic carbocycles. The molecule has 8 nitrogen and oxygen atoms in total. The van der Waals surface area contributed by atoms with Gasteiger partial charge in [0, 0.05) is 18.4 Å². The first kappa shape index (κ1) is 27.6. The molecule has 2 aromatic carbocycles. The van der Waals surface area contributed by atoms with Crippen LogP contribution in [0.2, 0.25) is 0 Å². The first-order valence-electron chi connectivity index (χ1n) is 11.2. The number of likely N-dealkylation sites (N-methyl/N-ethyl adjacent to an activating group) is 1. The topological polar surface area (TPSA) is 106 Å². The summed E-state index contributed by atoms with van der Waals surface area (Å²) in [5.74, 6) is 1.37. The number of ether oxygens (including phenoxy) is 3. The van der Waals surface area contributed by atoms with E-state index in [0.29, 0.717) is 6.42 Å². The van der Waals surface area contributed by atoms with Gasteiger partial charge in [-0.2, -0.15) is 0 Å². The minimum Gasteiger partial charge on any atom is -0.744 e.